The molecule has 0 spiro atoms. The van der Waals surface area contributed by atoms with E-state index in [1.165, 1.54) is 22.6 Å². The van der Waals surface area contributed by atoms with Crippen LogP contribution in [0.15, 0.2) is 35.5 Å². The van der Waals surface area contributed by atoms with E-state index in [1.54, 1.807) is 18.5 Å². The van der Waals surface area contributed by atoms with Gasteiger partial charge < -0.3 is 14.6 Å². The van der Waals surface area contributed by atoms with Gasteiger partial charge in [0.2, 0.25) is 5.91 Å². The number of hydrogen-bond acceptors (Lipinski definition) is 5. The number of carbonyl (C=O) groups is 1. The van der Waals surface area contributed by atoms with Crippen molar-refractivity contribution in [2.45, 2.75) is 31.2 Å². The van der Waals surface area contributed by atoms with Crippen molar-refractivity contribution in [2.75, 3.05) is 18.4 Å². The molecule has 12 heteroatoms. The van der Waals surface area contributed by atoms with Gasteiger partial charge in [0.15, 0.2) is 5.03 Å². The molecule has 1 aliphatic heterocycles. The Labute approximate surface area is 171 Å². The van der Waals surface area contributed by atoms with Crippen LogP contribution in [-0.2, 0) is 21.9 Å². The van der Waals surface area contributed by atoms with E-state index in [0.29, 0.717) is 5.82 Å². The Morgan fingerprint density at radius 1 is 1.27 bits per heavy atom. The van der Waals surface area contributed by atoms with E-state index < -0.39 is 28.1 Å². The molecule has 1 aromatic carbocycles. The molecule has 30 heavy (non-hydrogen) atoms. The van der Waals surface area contributed by atoms with Crippen molar-refractivity contribution >= 4 is 21.6 Å². The third-order valence-corrected chi connectivity index (χ3v) is 6.62. The van der Waals surface area contributed by atoms with Crippen molar-refractivity contribution in [3.8, 4) is 5.75 Å². The molecule has 0 saturated carbocycles. The minimum atomic E-state index is -4.83. The van der Waals surface area contributed by atoms with Gasteiger partial charge in [0.25, 0.3) is 10.0 Å². The van der Waals surface area contributed by atoms with Crippen LogP contribution in [0, 0.1) is 12.8 Å². The quantitative estimate of drug-likeness (QED) is 0.762. The summed E-state index contributed by atoms with van der Waals surface area (Å²) < 4.78 is 69.2. The van der Waals surface area contributed by atoms with Crippen molar-refractivity contribution < 1.29 is 31.1 Å². The van der Waals surface area contributed by atoms with Crippen molar-refractivity contribution in [3.63, 3.8) is 0 Å². The van der Waals surface area contributed by atoms with Crippen LogP contribution in [0.3, 0.4) is 0 Å². The summed E-state index contributed by atoms with van der Waals surface area (Å²) in [5, 5.41) is 2.53. The molecule has 1 aliphatic rings. The first-order chi connectivity index (χ1) is 14.0. The van der Waals surface area contributed by atoms with E-state index in [9.17, 15) is 26.4 Å². The highest BCUT2D eigenvalue weighted by atomic mass is 32.2. The number of anilines is 1. The van der Waals surface area contributed by atoms with E-state index in [2.05, 4.69) is 15.0 Å². The summed E-state index contributed by atoms with van der Waals surface area (Å²) in [5.74, 6) is -0.717. The van der Waals surface area contributed by atoms with Crippen LogP contribution < -0.4 is 10.1 Å². The predicted molar refractivity (Wildman–Crippen MR) is 101 cm³/mol. The maximum absolute atomic E-state index is 12.7. The number of imidazole rings is 1. The number of sulfonamides is 1. The molecule has 1 fully saturated rings. The third-order valence-electron chi connectivity index (χ3n) is 4.85. The number of nitrogens with zero attached hydrogens (tertiary/aromatic N) is 3. The molecule has 3 rings (SSSR count). The Hall–Kier alpha value is -2.60. The lowest BCUT2D eigenvalue weighted by atomic mass is 9.97. The highest BCUT2D eigenvalue weighted by molar-refractivity contribution is 7.89. The van der Waals surface area contributed by atoms with Crippen molar-refractivity contribution in [2.24, 2.45) is 13.0 Å². The first-order valence-electron chi connectivity index (χ1n) is 9.12. The summed E-state index contributed by atoms with van der Waals surface area (Å²) >= 11 is 0. The zero-order chi connectivity index (χ0) is 22.1. The molecular weight excluding hydrogens is 425 g/mol. The standard InChI is InChI=1S/C18H21F3N4O4S/c1-12-22-16(11-24(12)2)30(27,28)25-8-6-13(7-9-25)17(26)23-14-4-3-5-15(10-14)29-18(19,20)21/h3-5,10-11,13H,6-9H2,1-2H3,(H,23,26). The minimum absolute atomic E-state index is 0.0353. The number of benzene rings is 1. The van der Waals surface area contributed by atoms with E-state index in [-0.39, 0.29) is 42.6 Å². The van der Waals surface area contributed by atoms with Gasteiger partial charge in [0, 0.05) is 44.0 Å². The lowest BCUT2D eigenvalue weighted by Gasteiger charge is -2.30. The summed E-state index contributed by atoms with van der Waals surface area (Å²) in [7, 11) is -2.05. The summed E-state index contributed by atoms with van der Waals surface area (Å²) in [5.41, 5.74) is 0.167. The van der Waals surface area contributed by atoms with Gasteiger partial charge in [-0.25, -0.2) is 13.4 Å². The van der Waals surface area contributed by atoms with Crippen LogP contribution in [0.4, 0.5) is 18.9 Å². The molecule has 0 radical (unpaired) electrons. The van der Waals surface area contributed by atoms with Crippen LogP contribution in [-0.4, -0.2) is 47.6 Å². The van der Waals surface area contributed by atoms with Crippen LogP contribution in [0.2, 0.25) is 0 Å². The number of nitrogens with one attached hydrogen (secondary N) is 1. The molecule has 1 aromatic heterocycles. The van der Waals surface area contributed by atoms with Gasteiger partial charge in [0.05, 0.1) is 0 Å². The Kier molecular flexibility index (Phi) is 6.09. The normalized spacial score (nSPS) is 16.4. The smallest absolute Gasteiger partial charge is 0.406 e. The summed E-state index contributed by atoms with van der Waals surface area (Å²) in [4.78, 5) is 16.5. The second-order valence-electron chi connectivity index (χ2n) is 6.98. The maximum atomic E-state index is 12.7. The molecule has 8 nitrogen and oxygen atoms in total. The molecule has 0 unspecified atom stereocenters. The molecule has 2 heterocycles. The molecule has 164 valence electrons. The fraction of sp³-hybridized carbons (Fsp3) is 0.444. The zero-order valence-electron chi connectivity index (χ0n) is 16.3. The Bertz CT molecular complexity index is 1010. The molecule has 0 bridgehead atoms. The van der Waals surface area contributed by atoms with Gasteiger partial charge >= 0.3 is 6.36 Å². The van der Waals surface area contributed by atoms with Crippen LogP contribution in [0.1, 0.15) is 18.7 Å². The average molecular weight is 446 g/mol. The highest BCUT2D eigenvalue weighted by Crippen LogP contribution is 2.27. The molecule has 1 saturated heterocycles. The van der Waals surface area contributed by atoms with Crippen molar-refractivity contribution in [3.05, 3.63) is 36.3 Å². The number of halogens is 3. The number of piperidine rings is 1. The second kappa shape index (κ2) is 8.26. The fourth-order valence-corrected chi connectivity index (χ4v) is 4.65. The minimum Gasteiger partial charge on any atom is -0.406 e. The number of hydrogen-bond donors (Lipinski definition) is 1. The van der Waals surface area contributed by atoms with Gasteiger partial charge in [-0.1, -0.05) is 6.07 Å². The van der Waals surface area contributed by atoms with Crippen LogP contribution in [0.5, 0.6) is 5.75 Å². The summed E-state index contributed by atoms with van der Waals surface area (Å²) in [6.07, 6.45) is -2.81. The number of ether oxygens (including phenoxy) is 1. The van der Waals surface area contributed by atoms with Crippen LogP contribution >= 0.6 is 0 Å². The Morgan fingerprint density at radius 2 is 1.93 bits per heavy atom. The zero-order valence-corrected chi connectivity index (χ0v) is 17.1. The number of aromatic nitrogens is 2. The largest absolute Gasteiger partial charge is 0.573 e. The van der Waals surface area contributed by atoms with Crippen LogP contribution in [0.25, 0.3) is 0 Å². The molecule has 1 N–H and O–H groups in total. The number of alkyl halides is 3. The SMILES string of the molecule is Cc1nc(S(=O)(=O)N2CCC(C(=O)Nc3cccc(OC(F)(F)F)c3)CC2)cn1C. The lowest BCUT2D eigenvalue weighted by molar-refractivity contribution is -0.274. The monoisotopic (exact) mass is 446 g/mol. The van der Waals surface area contributed by atoms with Gasteiger partial charge in [-0.15, -0.1) is 13.2 Å². The predicted octanol–water partition coefficient (Wildman–Crippen LogP) is 2.67. The first kappa shape index (κ1) is 22.1. The summed E-state index contributed by atoms with van der Waals surface area (Å²) in [6.45, 7) is 1.99. The van der Waals surface area contributed by atoms with E-state index in [0.717, 1.165) is 12.1 Å². The second-order valence-corrected chi connectivity index (χ2v) is 8.87. The van der Waals surface area contributed by atoms with Gasteiger partial charge in [-0.3, -0.25) is 4.79 Å². The average Bonchev–Trinajstić information content (AvgIpc) is 3.00. The Morgan fingerprint density at radius 3 is 2.50 bits per heavy atom. The van der Waals surface area contributed by atoms with Gasteiger partial charge in [0.1, 0.15) is 11.6 Å². The number of amides is 1. The molecule has 0 atom stereocenters. The third kappa shape index (κ3) is 5.11. The highest BCUT2D eigenvalue weighted by Gasteiger charge is 2.34. The Balaban J connectivity index is 1.60. The van der Waals surface area contributed by atoms with E-state index in [4.69, 9.17) is 0 Å². The maximum Gasteiger partial charge on any atom is 0.573 e. The van der Waals surface area contributed by atoms with E-state index in [1.807, 2.05) is 0 Å². The number of aryl methyl sites for hydroxylation is 2. The van der Waals surface area contributed by atoms with E-state index >= 15 is 0 Å². The fourth-order valence-electron chi connectivity index (χ4n) is 3.16. The van der Waals surface area contributed by atoms with Gasteiger partial charge in [-0.2, -0.15) is 4.31 Å². The molecule has 1 amide bonds. The molecule has 0 aliphatic carbocycles. The summed E-state index contributed by atoms with van der Waals surface area (Å²) in [6, 6.07) is 4.99. The number of rotatable bonds is 5. The van der Waals surface area contributed by atoms with Gasteiger partial charge in [-0.05, 0) is 31.9 Å². The van der Waals surface area contributed by atoms with Crippen molar-refractivity contribution in [1.82, 2.24) is 13.9 Å². The molecule has 2 aromatic rings. The number of carbonyl (C=O) groups excluding carboxylic acids is 1. The lowest BCUT2D eigenvalue weighted by Crippen LogP contribution is -2.41. The first-order valence-corrected chi connectivity index (χ1v) is 10.6. The van der Waals surface area contributed by atoms with Crippen molar-refractivity contribution in [1.29, 1.82) is 0 Å². The topological polar surface area (TPSA) is 93.5 Å². The molecular formula is C18H21F3N4O4S.